The molecule has 1 aromatic carbocycles. The summed E-state index contributed by atoms with van der Waals surface area (Å²) in [5, 5.41) is 11.8. The van der Waals surface area contributed by atoms with Crippen LogP contribution in [-0.2, 0) is 6.18 Å². The van der Waals surface area contributed by atoms with Crippen molar-refractivity contribution in [2.24, 2.45) is 11.8 Å². The molecule has 114 valence electrons. The molecule has 2 rings (SSSR count). The van der Waals surface area contributed by atoms with Crippen LogP contribution in [0.3, 0.4) is 0 Å². The first-order valence-corrected chi connectivity index (χ1v) is 7.19. The van der Waals surface area contributed by atoms with Gasteiger partial charge in [-0.2, -0.15) is 18.4 Å². The molecule has 3 atom stereocenters. The van der Waals surface area contributed by atoms with Crippen LogP contribution in [-0.4, -0.2) is 6.04 Å². The van der Waals surface area contributed by atoms with Crippen LogP contribution in [0.15, 0.2) is 18.2 Å². The van der Waals surface area contributed by atoms with Gasteiger partial charge in [0, 0.05) is 11.7 Å². The molecule has 0 amide bonds. The van der Waals surface area contributed by atoms with E-state index < -0.39 is 11.7 Å². The van der Waals surface area contributed by atoms with Gasteiger partial charge in [0.05, 0.1) is 17.2 Å². The van der Waals surface area contributed by atoms with Crippen LogP contribution in [0.5, 0.6) is 0 Å². The molecule has 0 saturated heterocycles. The number of benzene rings is 1. The Bertz CT molecular complexity index is 545. The zero-order valence-corrected chi connectivity index (χ0v) is 12.2. The van der Waals surface area contributed by atoms with Gasteiger partial charge in [-0.15, -0.1) is 0 Å². The van der Waals surface area contributed by atoms with Crippen molar-refractivity contribution in [2.75, 3.05) is 5.32 Å². The van der Waals surface area contributed by atoms with E-state index in [0.29, 0.717) is 11.8 Å². The zero-order chi connectivity index (χ0) is 15.6. The van der Waals surface area contributed by atoms with Gasteiger partial charge < -0.3 is 5.32 Å². The number of nitrogens with zero attached hydrogens (tertiary/aromatic N) is 1. The second-order valence-corrected chi connectivity index (χ2v) is 6.02. The number of nitriles is 1. The summed E-state index contributed by atoms with van der Waals surface area (Å²) in [7, 11) is 0. The van der Waals surface area contributed by atoms with E-state index in [0.717, 1.165) is 25.3 Å². The van der Waals surface area contributed by atoms with E-state index in [9.17, 15) is 13.2 Å². The molecule has 1 N–H and O–H groups in total. The van der Waals surface area contributed by atoms with E-state index in [4.69, 9.17) is 5.26 Å². The highest BCUT2D eigenvalue weighted by atomic mass is 19.4. The summed E-state index contributed by atoms with van der Waals surface area (Å²) >= 11 is 0. The largest absolute Gasteiger partial charge is 0.418 e. The number of halogens is 3. The standard InChI is InChI=1S/C16H19F3N2/c1-10-3-4-11(2)15(7-10)21-14-6-5-12(9-20)8-13(14)16(17,18)19/h5-6,8,10-11,15,21H,3-4,7H2,1-2H3. The highest BCUT2D eigenvalue weighted by Crippen LogP contribution is 2.38. The first-order valence-electron chi connectivity index (χ1n) is 7.19. The number of alkyl halides is 3. The summed E-state index contributed by atoms with van der Waals surface area (Å²) < 4.78 is 39.4. The van der Waals surface area contributed by atoms with E-state index in [2.05, 4.69) is 19.2 Å². The minimum atomic E-state index is -4.46. The molecule has 1 fully saturated rings. The zero-order valence-electron chi connectivity index (χ0n) is 12.2. The van der Waals surface area contributed by atoms with Gasteiger partial charge in [0.15, 0.2) is 0 Å². The predicted molar refractivity (Wildman–Crippen MR) is 75.7 cm³/mol. The molecule has 1 aromatic rings. The Morgan fingerprint density at radius 3 is 2.57 bits per heavy atom. The lowest BCUT2D eigenvalue weighted by Gasteiger charge is -2.34. The van der Waals surface area contributed by atoms with E-state index in [1.807, 2.05) is 0 Å². The smallest absolute Gasteiger partial charge is 0.382 e. The van der Waals surface area contributed by atoms with Gasteiger partial charge in [0.25, 0.3) is 0 Å². The highest BCUT2D eigenvalue weighted by Gasteiger charge is 2.35. The van der Waals surface area contributed by atoms with Crippen molar-refractivity contribution >= 4 is 5.69 Å². The number of nitrogens with one attached hydrogen (secondary N) is 1. The maximum absolute atomic E-state index is 13.1. The summed E-state index contributed by atoms with van der Waals surface area (Å²) in [4.78, 5) is 0. The topological polar surface area (TPSA) is 35.8 Å². The third-order valence-electron chi connectivity index (χ3n) is 4.25. The van der Waals surface area contributed by atoms with Crippen molar-refractivity contribution in [1.82, 2.24) is 0 Å². The summed E-state index contributed by atoms with van der Waals surface area (Å²) in [6, 6.07) is 5.51. The molecule has 0 spiro atoms. The summed E-state index contributed by atoms with van der Waals surface area (Å²) in [5.74, 6) is 0.865. The number of anilines is 1. The first-order chi connectivity index (χ1) is 9.81. The normalized spacial score (nSPS) is 26.2. The molecule has 0 heterocycles. The Kier molecular flexibility index (Phi) is 4.46. The van der Waals surface area contributed by atoms with Crippen LogP contribution in [0.1, 0.15) is 44.2 Å². The minimum Gasteiger partial charge on any atom is -0.382 e. The molecule has 0 aromatic heterocycles. The van der Waals surface area contributed by atoms with Crippen molar-refractivity contribution < 1.29 is 13.2 Å². The molecule has 21 heavy (non-hydrogen) atoms. The first kappa shape index (κ1) is 15.7. The van der Waals surface area contributed by atoms with E-state index >= 15 is 0 Å². The summed E-state index contributed by atoms with van der Waals surface area (Å²) in [6.07, 6.45) is -1.44. The lowest BCUT2D eigenvalue weighted by molar-refractivity contribution is -0.137. The molecule has 0 bridgehead atoms. The lowest BCUT2D eigenvalue weighted by Crippen LogP contribution is -2.34. The molecule has 0 radical (unpaired) electrons. The SMILES string of the molecule is CC1CCC(C)C(Nc2ccc(C#N)cc2C(F)(F)F)C1. The van der Waals surface area contributed by atoms with Crippen LogP contribution in [0.4, 0.5) is 18.9 Å². The Morgan fingerprint density at radius 2 is 1.95 bits per heavy atom. The van der Waals surface area contributed by atoms with Gasteiger partial charge in [0.2, 0.25) is 0 Å². The Balaban J connectivity index is 2.29. The van der Waals surface area contributed by atoms with Crippen molar-refractivity contribution in [3.8, 4) is 6.07 Å². The van der Waals surface area contributed by atoms with Crippen LogP contribution in [0, 0.1) is 23.2 Å². The third kappa shape index (κ3) is 3.69. The molecular formula is C16H19F3N2. The van der Waals surface area contributed by atoms with Crippen LogP contribution in [0.2, 0.25) is 0 Å². The third-order valence-corrected chi connectivity index (χ3v) is 4.25. The summed E-state index contributed by atoms with van der Waals surface area (Å²) in [5.41, 5.74) is -0.655. The van der Waals surface area contributed by atoms with Gasteiger partial charge >= 0.3 is 6.18 Å². The Hall–Kier alpha value is -1.70. The molecule has 0 aliphatic heterocycles. The van der Waals surface area contributed by atoms with Crippen molar-refractivity contribution in [3.05, 3.63) is 29.3 Å². The Morgan fingerprint density at radius 1 is 1.24 bits per heavy atom. The molecule has 5 heteroatoms. The molecule has 1 aliphatic carbocycles. The maximum atomic E-state index is 13.1. The van der Waals surface area contributed by atoms with Gasteiger partial charge in [0.1, 0.15) is 0 Å². The van der Waals surface area contributed by atoms with Crippen molar-refractivity contribution in [1.29, 1.82) is 5.26 Å². The van der Waals surface area contributed by atoms with E-state index in [-0.39, 0.29) is 17.3 Å². The van der Waals surface area contributed by atoms with Crippen LogP contribution in [0.25, 0.3) is 0 Å². The fourth-order valence-corrected chi connectivity index (χ4v) is 2.91. The second-order valence-electron chi connectivity index (χ2n) is 6.02. The Labute approximate surface area is 123 Å². The maximum Gasteiger partial charge on any atom is 0.418 e. The minimum absolute atomic E-state index is 0.0259. The number of hydrogen-bond donors (Lipinski definition) is 1. The summed E-state index contributed by atoms with van der Waals surface area (Å²) in [6.45, 7) is 4.20. The van der Waals surface area contributed by atoms with Crippen molar-refractivity contribution in [3.63, 3.8) is 0 Å². The van der Waals surface area contributed by atoms with Gasteiger partial charge in [-0.05, 0) is 42.9 Å². The van der Waals surface area contributed by atoms with E-state index in [1.54, 1.807) is 6.07 Å². The average Bonchev–Trinajstić information content (AvgIpc) is 2.42. The molecule has 1 saturated carbocycles. The van der Waals surface area contributed by atoms with Crippen molar-refractivity contribution in [2.45, 2.75) is 45.3 Å². The quantitative estimate of drug-likeness (QED) is 0.849. The number of hydrogen-bond acceptors (Lipinski definition) is 2. The molecule has 1 aliphatic rings. The van der Waals surface area contributed by atoms with Gasteiger partial charge in [-0.25, -0.2) is 0 Å². The predicted octanol–water partition coefficient (Wildman–Crippen LogP) is 4.81. The number of rotatable bonds is 2. The van der Waals surface area contributed by atoms with E-state index in [1.165, 1.54) is 12.1 Å². The van der Waals surface area contributed by atoms with Gasteiger partial charge in [-0.1, -0.05) is 20.3 Å². The average molecular weight is 296 g/mol. The fraction of sp³-hybridized carbons (Fsp3) is 0.562. The monoisotopic (exact) mass is 296 g/mol. The molecule has 3 unspecified atom stereocenters. The van der Waals surface area contributed by atoms with Gasteiger partial charge in [-0.3, -0.25) is 0 Å². The van der Waals surface area contributed by atoms with Crippen LogP contribution >= 0.6 is 0 Å². The second kappa shape index (κ2) is 5.97. The van der Waals surface area contributed by atoms with Crippen LogP contribution < -0.4 is 5.32 Å². The molecule has 2 nitrogen and oxygen atoms in total. The lowest BCUT2D eigenvalue weighted by atomic mass is 9.80. The highest BCUT2D eigenvalue weighted by molar-refractivity contribution is 5.56. The molecular weight excluding hydrogens is 277 g/mol. The fourth-order valence-electron chi connectivity index (χ4n) is 2.91.